The molecule has 0 spiro atoms. The normalized spacial score (nSPS) is 17.2. The largest absolute Gasteiger partial charge is 0.459 e. The van der Waals surface area contributed by atoms with Crippen LogP contribution >= 0.6 is 0 Å². The number of nitrogens with zero attached hydrogens (tertiary/aromatic N) is 2. The van der Waals surface area contributed by atoms with Gasteiger partial charge in [0.25, 0.3) is 0 Å². The molecule has 1 aromatic rings. The van der Waals surface area contributed by atoms with E-state index in [2.05, 4.69) is 14.7 Å². The van der Waals surface area contributed by atoms with Crippen LogP contribution in [0.25, 0.3) is 0 Å². The summed E-state index contributed by atoms with van der Waals surface area (Å²) in [6.45, 7) is 10.9. The minimum absolute atomic E-state index is 0.114. The van der Waals surface area contributed by atoms with Gasteiger partial charge in [0.15, 0.2) is 5.41 Å². The van der Waals surface area contributed by atoms with Gasteiger partial charge < -0.3 is 14.5 Å². The number of esters is 1. The van der Waals surface area contributed by atoms with Crippen molar-refractivity contribution in [2.24, 2.45) is 17.2 Å². The summed E-state index contributed by atoms with van der Waals surface area (Å²) >= 11 is 0. The number of pyridine rings is 1. The Labute approximate surface area is 167 Å². The Kier molecular flexibility index (Phi) is 7.04. The Morgan fingerprint density at radius 1 is 1.14 bits per heavy atom. The number of anilines is 1. The van der Waals surface area contributed by atoms with E-state index in [0.29, 0.717) is 0 Å². The number of hydrogen-bond acceptors (Lipinski definition) is 7. The minimum Gasteiger partial charge on any atom is -0.459 e. The second-order valence-electron chi connectivity index (χ2n) is 8.78. The topological polar surface area (TPSA) is 94.8 Å². The van der Waals surface area contributed by atoms with E-state index in [0.717, 1.165) is 24.5 Å². The highest BCUT2D eigenvalue weighted by Gasteiger charge is 2.52. The first-order chi connectivity index (χ1) is 13.1. The third-order valence-corrected chi connectivity index (χ3v) is 5.19. The molecule has 1 aromatic heterocycles. The molecule has 1 saturated heterocycles. The molecule has 0 radical (unpaired) electrons. The first kappa shape index (κ1) is 22.1. The monoisotopic (exact) mass is 391 g/mol. The molecule has 2 heterocycles. The molecule has 1 fully saturated rings. The number of nitrogens with two attached hydrogens (primary N) is 1. The van der Waals surface area contributed by atoms with Gasteiger partial charge in [-0.25, -0.2) is 9.78 Å². The van der Waals surface area contributed by atoms with Crippen molar-refractivity contribution in [1.29, 1.82) is 0 Å². The van der Waals surface area contributed by atoms with Gasteiger partial charge in [-0.1, -0.05) is 19.9 Å². The Hall–Kier alpha value is -2.15. The van der Waals surface area contributed by atoms with Crippen LogP contribution in [0.5, 0.6) is 0 Å². The van der Waals surface area contributed by atoms with Crippen molar-refractivity contribution < 1.29 is 19.2 Å². The molecule has 0 bridgehead atoms. The van der Waals surface area contributed by atoms with Crippen LogP contribution < -0.4 is 10.8 Å². The van der Waals surface area contributed by atoms with Crippen molar-refractivity contribution in [2.75, 3.05) is 18.0 Å². The number of carbonyl (C=O) groups excluding carboxylic acids is 2. The lowest BCUT2D eigenvalue weighted by Gasteiger charge is -2.35. The molecule has 2 rings (SSSR count). The van der Waals surface area contributed by atoms with Gasteiger partial charge in [0.2, 0.25) is 0 Å². The number of carbonyl (C=O) groups is 2. The zero-order valence-electron chi connectivity index (χ0n) is 17.7. The standard InChI is InChI=1S/C21H33N3O4/c1-15(2)21(19(26)28-22,18(25)27-20(3,4)5)13-16-9-10-17(23-14-16)24-11-7-6-8-12-24/h9-10,14-15H,6-8,11-13,22H2,1-5H3. The second kappa shape index (κ2) is 8.90. The molecule has 2 N–H and O–H groups in total. The van der Waals surface area contributed by atoms with E-state index in [1.807, 2.05) is 12.1 Å². The van der Waals surface area contributed by atoms with E-state index in [1.54, 1.807) is 40.8 Å². The predicted octanol–water partition coefficient (Wildman–Crippen LogP) is 3.02. The highest BCUT2D eigenvalue weighted by atomic mass is 16.7. The van der Waals surface area contributed by atoms with E-state index < -0.39 is 23.0 Å². The molecule has 1 aliphatic heterocycles. The number of ether oxygens (including phenoxy) is 1. The summed E-state index contributed by atoms with van der Waals surface area (Å²) in [7, 11) is 0. The van der Waals surface area contributed by atoms with E-state index >= 15 is 0 Å². The molecule has 0 aromatic carbocycles. The highest BCUT2D eigenvalue weighted by molar-refractivity contribution is 6.00. The first-order valence-corrected chi connectivity index (χ1v) is 9.94. The smallest absolute Gasteiger partial charge is 0.342 e. The van der Waals surface area contributed by atoms with Crippen LogP contribution in [0, 0.1) is 11.3 Å². The van der Waals surface area contributed by atoms with Crippen LogP contribution in [-0.4, -0.2) is 35.6 Å². The van der Waals surface area contributed by atoms with E-state index in [4.69, 9.17) is 10.6 Å². The molecular weight excluding hydrogens is 358 g/mol. The summed E-state index contributed by atoms with van der Waals surface area (Å²) in [4.78, 5) is 37.0. The molecule has 1 aliphatic rings. The fraction of sp³-hybridized carbons (Fsp3) is 0.667. The molecular formula is C21H33N3O4. The number of piperidine rings is 1. The molecule has 1 atom stereocenters. The Morgan fingerprint density at radius 2 is 1.79 bits per heavy atom. The van der Waals surface area contributed by atoms with Gasteiger partial charge in [-0.05, 0) is 57.6 Å². The lowest BCUT2D eigenvalue weighted by atomic mass is 9.72. The SMILES string of the molecule is CC(C)C(Cc1ccc(N2CCCCC2)nc1)(C(=O)ON)C(=O)OC(C)(C)C. The van der Waals surface area contributed by atoms with E-state index in [9.17, 15) is 9.59 Å². The van der Waals surface area contributed by atoms with E-state index in [-0.39, 0.29) is 12.3 Å². The van der Waals surface area contributed by atoms with Crippen LogP contribution in [0.4, 0.5) is 5.82 Å². The maximum atomic E-state index is 13.0. The average molecular weight is 392 g/mol. The van der Waals surface area contributed by atoms with Crippen LogP contribution in [0.15, 0.2) is 18.3 Å². The van der Waals surface area contributed by atoms with Gasteiger partial charge in [-0.2, -0.15) is 5.90 Å². The minimum atomic E-state index is -1.53. The predicted molar refractivity (Wildman–Crippen MR) is 107 cm³/mol. The molecule has 28 heavy (non-hydrogen) atoms. The third kappa shape index (κ3) is 5.01. The summed E-state index contributed by atoms with van der Waals surface area (Å²) in [6.07, 6.45) is 5.42. The van der Waals surface area contributed by atoms with Crippen molar-refractivity contribution in [2.45, 2.75) is 65.9 Å². The van der Waals surface area contributed by atoms with Gasteiger partial charge in [-0.15, -0.1) is 0 Å². The van der Waals surface area contributed by atoms with Crippen molar-refractivity contribution in [3.05, 3.63) is 23.9 Å². The molecule has 156 valence electrons. The van der Waals surface area contributed by atoms with Crippen LogP contribution in [0.2, 0.25) is 0 Å². The first-order valence-electron chi connectivity index (χ1n) is 9.94. The third-order valence-electron chi connectivity index (χ3n) is 5.19. The quantitative estimate of drug-likeness (QED) is 0.452. The van der Waals surface area contributed by atoms with Crippen molar-refractivity contribution in [1.82, 2.24) is 4.98 Å². The fourth-order valence-corrected chi connectivity index (χ4v) is 3.53. The molecule has 7 heteroatoms. The zero-order chi connectivity index (χ0) is 20.9. The number of aromatic nitrogens is 1. The summed E-state index contributed by atoms with van der Waals surface area (Å²) < 4.78 is 5.55. The summed E-state index contributed by atoms with van der Waals surface area (Å²) in [6, 6.07) is 3.84. The molecule has 0 saturated carbocycles. The van der Waals surface area contributed by atoms with E-state index in [1.165, 1.54) is 19.3 Å². The van der Waals surface area contributed by atoms with Gasteiger partial charge in [0, 0.05) is 25.7 Å². The molecule has 0 amide bonds. The number of rotatable bonds is 6. The fourth-order valence-electron chi connectivity index (χ4n) is 3.53. The second-order valence-corrected chi connectivity index (χ2v) is 8.78. The van der Waals surface area contributed by atoms with Gasteiger partial charge >= 0.3 is 11.9 Å². The lowest BCUT2D eigenvalue weighted by molar-refractivity contribution is -0.184. The van der Waals surface area contributed by atoms with Crippen molar-refractivity contribution in [3.63, 3.8) is 0 Å². The molecule has 0 aliphatic carbocycles. The maximum absolute atomic E-state index is 13.0. The molecule has 1 unspecified atom stereocenters. The Balaban J connectivity index is 2.30. The van der Waals surface area contributed by atoms with Gasteiger partial charge in [0.1, 0.15) is 11.4 Å². The van der Waals surface area contributed by atoms with Crippen molar-refractivity contribution >= 4 is 17.8 Å². The van der Waals surface area contributed by atoms with Gasteiger partial charge in [0.05, 0.1) is 0 Å². The Bertz CT molecular complexity index is 676. The van der Waals surface area contributed by atoms with Crippen LogP contribution in [-0.2, 0) is 25.6 Å². The summed E-state index contributed by atoms with van der Waals surface area (Å²) in [5, 5.41) is 0. The van der Waals surface area contributed by atoms with Crippen LogP contribution in [0.1, 0.15) is 59.4 Å². The lowest BCUT2D eigenvalue weighted by Crippen LogP contribution is -2.50. The average Bonchev–Trinajstić information content (AvgIpc) is 2.65. The maximum Gasteiger partial charge on any atom is 0.342 e. The van der Waals surface area contributed by atoms with Crippen molar-refractivity contribution in [3.8, 4) is 0 Å². The summed E-state index contributed by atoms with van der Waals surface area (Å²) in [5.74, 6) is 4.30. The number of hydrogen-bond donors (Lipinski definition) is 1. The van der Waals surface area contributed by atoms with Gasteiger partial charge in [-0.3, -0.25) is 4.79 Å². The Morgan fingerprint density at radius 3 is 2.25 bits per heavy atom. The van der Waals surface area contributed by atoms with Crippen LogP contribution in [0.3, 0.4) is 0 Å². The zero-order valence-corrected chi connectivity index (χ0v) is 17.7. The molecule has 7 nitrogen and oxygen atoms in total. The highest BCUT2D eigenvalue weighted by Crippen LogP contribution is 2.36. The summed E-state index contributed by atoms with van der Waals surface area (Å²) in [5.41, 5.74) is -1.51.